The molecule has 0 unspecified atom stereocenters. The summed E-state index contributed by atoms with van der Waals surface area (Å²) in [4.78, 5) is 11.6. The van der Waals surface area contributed by atoms with Gasteiger partial charge in [-0.25, -0.2) is 4.79 Å². The third-order valence-corrected chi connectivity index (χ3v) is 3.87. The van der Waals surface area contributed by atoms with Gasteiger partial charge in [0, 0.05) is 0 Å². The molecule has 1 N–H and O–H groups in total. The van der Waals surface area contributed by atoms with E-state index in [9.17, 15) is 9.90 Å². The number of hydrogen-bond acceptors (Lipinski definition) is 3. The first-order valence-electron chi connectivity index (χ1n) is 8.63. The zero-order valence-corrected chi connectivity index (χ0v) is 14.7. The number of aliphatic carboxylic acids is 1. The minimum Gasteiger partial charge on any atom is -0.490 e. The summed E-state index contributed by atoms with van der Waals surface area (Å²) in [5.74, 6) is 0.559. The van der Waals surface area contributed by atoms with Crippen molar-refractivity contribution in [1.82, 2.24) is 0 Å². The van der Waals surface area contributed by atoms with Gasteiger partial charge in [-0.15, -0.1) is 0 Å². The molecule has 0 aliphatic rings. The molecule has 4 heteroatoms. The Morgan fingerprint density at radius 1 is 0.741 bits per heavy atom. The van der Waals surface area contributed by atoms with Crippen LogP contribution in [0.15, 0.2) is 84.9 Å². The van der Waals surface area contributed by atoms with Crippen molar-refractivity contribution < 1.29 is 19.4 Å². The first kappa shape index (κ1) is 18.3. The van der Waals surface area contributed by atoms with Gasteiger partial charge < -0.3 is 14.6 Å². The van der Waals surface area contributed by atoms with Crippen LogP contribution in [0.5, 0.6) is 11.5 Å². The predicted molar refractivity (Wildman–Crippen MR) is 106 cm³/mol. The summed E-state index contributed by atoms with van der Waals surface area (Å²) in [6, 6.07) is 25.9. The highest BCUT2D eigenvalue weighted by Gasteiger charge is 2.09. The van der Waals surface area contributed by atoms with E-state index in [4.69, 9.17) is 9.47 Å². The molecule has 0 atom stereocenters. The maximum Gasteiger partial charge on any atom is 0.336 e. The highest BCUT2D eigenvalue weighted by molar-refractivity contribution is 6.20. The largest absolute Gasteiger partial charge is 0.490 e. The molecular weight excluding hydrogens is 340 g/mol. The molecule has 27 heavy (non-hydrogen) atoms. The Morgan fingerprint density at radius 3 is 1.81 bits per heavy atom. The van der Waals surface area contributed by atoms with Crippen LogP contribution in [0.25, 0.3) is 11.6 Å². The highest BCUT2D eigenvalue weighted by atomic mass is 16.5. The van der Waals surface area contributed by atoms with Crippen LogP contribution in [0.2, 0.25) is 0 Å². The number of ether oxygens (including phenoxy) is 2. The molecule has 0 fully saturated rings. The van der Waals surface area contributed by atoms with Crippen molar-refractivity contribution in [2.24, 2.45) is 0 Å². The molecular formula is C23H20O4. The van der Waals surface area contributed by atoms with Crippen LogP contribution < -0.4 is 9.47 Å². The van der Waals surface area contributed by atoms with E-state index in [0.29, 0.717) is 24.5 Å². The molecule has 3 rings (SSSR count). The van der Waals surface area contributed by atoms with Crippen molar-refractivity contribution in [3.8, 4) is 11.5 Å². The first-order valence-corrected chi connectivity index (χ1v) is 8.63. The average Bonchev–Trinajstić information content (AvgIpc) is 2.71. The van der Waals surface area contributed by atoms with Crippen LogP contribution in [0.1, 0.15) is 11.1 Å². The number of para-hydroxylation sites is 1. The minimum absolute atomic E-state index is 0.250. The fraction of sp³-hybridized carbons (Fsp3) is 0.0870. The highest BCUT2D eigenvalue weighted by Crippen LogP contribution is 2.20. The van der Waals surface area contributed by atoms with Gasteiger partial charge in [0.1, 0.15) is 24.7 Å². The molecule has 0 saturated heterocycles. The number of carbonyl (C=O) groups is 1. The standard InChI is InChI=1S/C23H20O4/c24-23(25)22(19-7-3-1-4-8-19)17-18-11-13-21(14-12-18)27-16-15-26-20-9-5-2-6-10-20/h1-14,17H,15-16H2,(H,24,25)/b22-17+. The lowest BCUT2D eigenvalue weighted by molar-refractivity contribution is -0.130. The van der Waals surface area contributed by atoms with E-state index in [-0.39, 0.29) is 5.57 Å². The predicted octanol–water partition coefficient (Wildman–Crippen LogP) is 4.77. The molecule has 3 aromatic carbocycles. The lowest BCUT2D eigenvalue weighted by Gasteiger charge is -2.08. The zero-order chi connectivity index (χ0) is 18.9. The maximum absolute atomic E-state index is 11.6. The summed E-state index contributed by atoms with van der Waals surface area (Å²) in [6.45, 7) is 0.872. The minimum atomic E-state index is -0.959. The Morgan fingerprint density at radius 2 is 1.26 bits per heavy atom. The Labute approximate surface area is 158 Å². The zero-order valence-electron chi connectivity index (χ0n) is 14.7. The smallest absolute Gasteiger partial charge is 0.336 e. The third kappa shape index (κ3) is 5.47. The van der Waals surface area contributed by atoms with E-state index >= 15 is 0 Å². The first-order chi connectivity index (χ1) is 13.2. The normalized spacial score (nSPS) is 11.0. The molecule has 0 saturated carbocycles. The molecule has 0 spiro atoms. The van der Waals surface area contributed by atoms with Crippen LogP contribution in [0, 0.1) is 0 Å². The van der Waals surface area contributed by atoms with Crippen molar-refractivity contribution in [2.45, 2.75) is 0 Å². The maximum atomic E-state index is 11.6. The molecule has 136 valence electrons. The van der Waals surface area contributed by atoms with Gasteiger partial charge >= 0.3 is 5.97 Å². The van der Waals surface area contributed by atoms with Gasteiger partial charge in [0.15, 0.2) is 0 Å². The van der Waals surface area contributed by atoms with Gasteiger partial charge in [0.2, 0.25) is 0 Å². The summed E-state index contributed by atoms with van der Waals surface area (Å²) in [7, 11) is 0. The van der Waals surface area contributed by atoms with Crippen molar-refractivity contribution in [3.63, 3.8) is 0 Å². The Bertz CT molecular complexity index is 885. The van der Waals surface area contributed by atoms with Crippen LogP contribution in [-0.2, 0) is 4.79 Å². The van der Waals surface area contributed by atoms with Crippen molar-refractivity contribution >= 4 is 17.6 Å². The number of carboxylic acids is 1. The molecule has 0 heterocycles. The lowest BCUT2D eigenvalue weighted by Crippen LogP contribution is -2.08. The van der Waals surface area contributed by atoms with Gasteiger partial charge in [0.05, 0.1) is 5.57 Å². The number of hydrogen-bond donors (Lipinski definition) is 1. The quantitative estimate of drug-likeness (QED) is 0.357. The van der Waals surface area contributed by atoms with Crippen LogP contribution in [0.4, 0.5) is 0 Å². The summed E-state index contributed by atoms with van der Waals surface area (Å²) < 4.78 is 11.2. The fourth-order valence-electron chi connectivity index (χ4n) is 2.55. The van der Waals surface area contributed by atoms with Gasteiger partial charge in [-0.1, -0.05) is 60.7 Å². The summed E-state index contributed by atoms with van der Waals surface area (Å²) >= 11 is 0. The van der Waals surface area contributed by atoms with E-state index in [1.807, 2.05) is 72.8 Å². The molecule has 0 bridgehead atoms. The Kier molecular flexibility index (Phi) is 6.26. The van der Waals surface area contributed by atoms with Gasteiger partial charge in [-0.05, 0) is 41.5 Å². The molecule has 3 aromatic rings. The van der Waals surface area contributed by atoms with E-state index in [0.717, 1.165) is 11.3 Å². The van der Waals surface area contributed by atoms with Gasteiger partial charge in [0.25, 0.3) is 0 Å². The second kappa shape index (κ2) is 9.25. The third-order valence-electron chi connectivity index (χ3n) is 3.87. The van der Waals surface area contributed by atoms with E-state index in [2.05, 4.69) is 0 Å². The van der Waals surface area contributed by atoms with Crippen molar-refractivity contribution in [3.05, 3.63) is 96.1 Å². The summed E-state index contributed by atoms with van der Waals surface area (Å²) in [5.41, 5.74) is 1.72. The second-order valence-corrected chi connectivity index (χ2v) is 5.81. The Balaban J connectivity index is 1.58. The molecule has 0 aliphatic heterocycles. The van der Waals surface area contributed by atoms with Crippen molar-refractivity contribution in [2.75, 3.05) is 13.2 Å². The SMILES string of the molecule is O=C(O)/C(=C/c1ccc(OCCOc2ccccc2)cc1)c1ccccc1. The molecule has 0 aliphatic carbocycles. The molecule has 0 amide bonds. The Hall–Kier alpha value is -3.53. The number of benzene rings is 3. The van der Waals surface area contributed by atoms with Crippen molar-refractivity contribution in [1.29, 1.82) is 0 Å². The van der Waals surface area contributed by atoms with E-state index in [1.54, 1.807) is 18.2 Å². The monoisotopic (exact) mass is 360 g/mol. The summed E-state index contributed by atoms with van der Waals surface area (Å²) in [5, 5.41) is 9.47. The average molecular weight is 360 g/mol. The van der Waals surface area contributed by atoms with Crippen LogP contribution >= 0.6 is 0 Å². The van der Waals surface area contributed by atoms with Crippen LogP contribution in [-0.4, -0.2) is 24.3 Å². The molecule has 0 aromatic heterocycles. The van der Waals surface area contributed by atoms with E-state index in [1.165, 1.54) is 0 Å². The topological polar surface area (TPSA) is 55.8 Å². The summed E-state index contributed by atoms with van der Waals surface area (Å²) in [6.07, 6.45) is 1.65. The number of rotatable bonds is 8. The van der Waals surface area contributed by atoms with Crippen LogP contribution in [0.3, 0.4) is 0 Å². The fourth-order valence-corrected chi connectivity index (χ4v) is 2.55. The van der Waals surface area contributed by atoms with Gasteiger partial charge in [-0.3, -0.25) is 0 Å². The molecule has 4 nitrogen and oxygen atoms in total. The lowest BCUT2D eigenvalue weighted by atomic mass is 10.0. The molecule has 0 radical (unpaired) electrons. The second-order valence-electron chi connectivity index (χ2n) is 5.81. The van der Waals surface area contributed by atoms with Gasteiger partial charge in [-0.2, -0.15) is 0 Å². The van der Waals surface area contributed by atoms with E-state index < -0.39 is 5.97 Å². The number of carboxylic acid groups (broad SMARTS) is 1.